The molecule has 0 rings (SSSR count). The summed E-state index contributed by atoms with van der Waals surface area (Å²) in [5, 5.41) is 0. The molecule has 0 N–H and O–H groups in total. The highest BCUT2D eigenvalue weighted by atomic mass is 16.6. The highest BCUT2D eigenvalue weighted by molar-refractivity contribution is 5.79. The Morgan fingerprint density at radius 1 is 0.800 bits per heavy atom. The van der Waals surface area contributed by atoms with Crippen LogP contribution in [-0.2, 0) is 23.7 Å². The van der Waals surface area contributed by atoms with Crippen LogP contribution >= 0.6 is 0 Å². The minimum Gasteiger partial charge on any atom is -0.379 e. The fraction of sp³-hybridized carbons (Fsp3) is 0.933. The first-order chi connectivity index (χ1) is 9.66. The van der Waals surface area contributed by atoms with Gasteiger partial charge >= 0.3 is 0 Å². The Labute approximate surface area is 122 Å². The van der Waals surface area contributed by atoms with Crippen LogP contribution in [0.5, 0.6) is 0 Å². The van der Waals surface area contributed by atoms with Gasteiger partial charge in [-0.2, -0.15) is 0 Å². The molecule has 0 saturated heterocycles. The lowest BCUT2D eigenvalue weighted by Gasteiger charge is -2.08. The van der Waals surface area contributed by atoms with Crippen molar-refractivity contribution in [3.05, 3.63) is 0 Å². The van der Waals surface area contributed by atoms with Crippen LogP contribution < -0.4 is 0 Å². The van der Waals surface area contributed by atoms with Crippen LogP contribution in [-0.4, -0.2) is 58.6 Å². The molecule has 0 unspecified atom stereocenters. The summed E-state index contributed by atoms with van der Waals surface area (Å²) in [7, 11) is 0. The van der Waals surface area contributed by atoms with Crippen LogP contribution in [0.2, 0.25) is 0 Å². The van der Waals surface area contributed by atoms with E-state index in [1.54, 1.807) is 0 Å². The number of ether oxygens (including phenoxy) is 4. The highest BCUT2D eigenvalue weighted by Crippen LogP contribution is 1.98. The molecule has 0 aliphatic heterocycles. The van der Waals surface area contributed by atoms with Crippen molar-refractivity contribution in [3.63, 3.8) is 0 Å². The maximum atomic E-state index is 10.9. The van der Waals surface area contributed by atoms with E-state index >= 15 is 0 Å². The van der Waals surface area contributed by atoms with Crippen LogP contribution in [0.15, 0.2) is 0 Å². The number of carbonyl (C=O) groups is 1. The Kier molecular flexibility index (Phi) is 14.5. The molecule has 0 aliphatic rings. The van der Waals surface area contributed by atoms with Gasteiger partial charge in [-0.3, -0.25) is 4.79 Å². The fourth-order valence-electron chi connectivity index (χ4n) is 1.27. The average Bonchev–Trinajstić information content (AvgIpc) is 2.43. The molecular formula is C15H30O5. The summed E-state index contributed by atoms with van der Waals surface area (Å²) in [6.07, 6.45) is 1.61. The number of rotatable bonds is 15. The standard InChI is InChI=1S/C15H30O5/c1-4-15(16)13-20-12-11-19-10-9-18-8-7-17-6-5-14(2)3/h14H,4-13H2,1-3H3. The number of hydrogen-bond acceptors (Lipinski definition) is 5. The normalized spacial score (nSPS) is 11.2. The number of carbonyl (C=O) groups excluding carboxylic acids is 1. The van der Waals surface area contributed by atoms with Crippen molar-refractivity contribution in [2.45, 2.75) is 33.6 Å². The molecular weight excluding hydrogens is 260 g/mol. The first kappa shape index (κ1) is 19.5. The quantitative estimate of drug-likeness (QED) is 0.432. The van der Waals surface area contributed by atoms with E-state index in [0.717, 1.165) is 13.0 Å². The zero-order valence-corrected chi connectivity index (χ0v) is 13.2. The second-order valence-corrected chi connectivity index (χ2v) is 4.96. The Hall–Kier alpha value is -0.490. The minimum atomic E-state index is 0.116. The van der Waals surface area contributed by atoms with Gasteiger partial charge in [-0.1, -0.05) is 20.8 Å². The largest absolute Gasteiger partial charge is 0.379 e. The summed E-state index contributed by atoms with van der Waals surface area (Å²) in [5.74, 6) is 0.796. The molecule has 0 spiro atoms. The third-order valence-corrected chi connectivity index (χ3v) is 2.61. The summed E-state index contributed by atoms with van der Waals surface area (Å²) in [5.41, 5.74) is 0. The zero-order chi connectivity index (χ0) is 15.1. The predicted octanol–water partition coefficient (Wildman–Crippen LogP) is 2.08. The summed E-state index contributed by atoms with van der Waals surface area (Å²) in [4.78, 5) is 10.9. The van der Waals surface area contributed by atoms with Gasteiger partial charge in [0.25, 0.3) is 0 Å². The Morgan fingerprint density at radius 2 is 1.25 bits per heavy atom. The SMILES string of the molecule is CCC(=O)COCCOCCOCCOCCC(C)C. The minimum absolute atomic E-state index is 0.116. The summed E-state index contributed by atoms with van der Waals surface area (Å²) in [6, 6.07) is 0. The molecule has 120 valence electrons. The number of ketones is 1. The molecule has 0 aromatic heterocycles. The van der Waals surface area contributed by atoms with Crippen molar-refractivity contribution in [2.24, 2.45) is 5.92 Å². The Bertz CT molecular complexity index is 218. The van der Waals surface area contributed by atoms with Crippen molar-refractivity contribution in [1.29, 1.82) is 0 Å². The third-order valence-electron chi connectivity index (χ3n) is 2.61. The maximum absolute atomic E-state index is 10.9. The van der Waals surface area contributed by atoms with Gasteiger partial charge in [-0.25, -0.2) is 0 Å². The molecule has 0 radical (unpaired) electrons. The molecule has 0 aromatic carbocycles. The van der Waals surface area contributed by atoms with Crippen LogP contribution in [0, 0.1) is 5.92 Å². The van der Waals surface area contributed by atoms with E-state index in [-0.39, 0.29) is 12.4 Å². The van der Waals surface area contributed by atoms with E-state index in [4.69, 9.17) is 18.9 Å². The third kappa shape index (κ3) is 15.6. The van der Waals surface area contributed by atoms with Crippen LogP contribution in [0.3, 0.4) is 0 Å². The van der Waals surface area contributed by atoms with E-state index in [1.807, 2.05) is 6.92 Å². The summed E-state index contributed by atoms with van der Waals surface area (Å²) in [6.45, 7) is 10.4. The van der Waals surface area contributed by atoms with Crippen molar-refractivity contribution < 1.29 is 23.7 Å². The molecule has 0 fully saturated rings. The van der Waals surface area contributed by atoms with Crippen molar-refractivity contribution >= 4 is 5.78 Å². The van der Waals surface area contributed by atoms with E-state index in [9.17, 15) is 4.79 Å². The molecule has 0 saturated carbocycles. The molecule has 0 heterocycles. The molecule has 0 aromatic rings. The lowest BCUT2D eigenvalue weighted by atomic mass is 10.1. The average molecular weight is 290 g/mol. The van der Waals surface area contributed by atoms with Gasteiger partial charge < -0.3 is 18.9 Å². The zero-order valence-electron chi connectivity index (χ0n) is 13.2. The molecule has 0 amide bonds. The topological polar surface area (TPSA) is 54.0 Å². The second kappa shape index (κ2) is 14.9. The Morgan fingerprint density at radius 3 is 1.70 bits per heavy atom. The Balaban J connectivity index is 3.01. The van der Waals surface area contributed by atoms with Gasteiger partial charge in [0.15, 0.2) is 5.78 Å². The molecule has 5 nitrogen and oxygen atoms in total. The molecule has 0 aliphatic carbocycles. The second-order valence-electron chi connectivity index (χ2n) is 4.96. The lowest BCUT2D eigenvalue weighted by Crippen LogP contribution is -2.14. The van der Waals surface area contributed by atoms with Crippen molar-refractivity contribution in [1.82, 2.24) is 0 Å². The molecule has 20 heavy (non-hydrogen) atoms. The van der Waals surface area contributed by atoms with Crippen molar-refractivity contribution in [3.8, 4) is 0 Å². The summed E-state index contributed by atoms with van der Waals surface area (Å²) < 4.78 is 21.2. The number of Topliss-reactive ketones (excluding diaryl/α,β-unsaturated/α-hetero) is 1. The van der Waals surface area contributed by atoms with Gasteiger partial charge in [0.2, 0.25) is 0 Å². The van der Waals surface area contributed by atoms with Gasteiger partial charge in [0.05, 0.1) is 39.6 Å². The fourth-order valence-corrected chi connectivity index (χ4v) is 1.27. The highest BCUT2D eigenvalue weighted by Gasteiger charge is 1.97. The van der Waals surface area contributed by atoms with E-state index in [2.05, 4.69) is 13.8 Å². The summed E-state index contributed by atoms with van der Waals surface area (Å²) >= 11 is 0. The predicted molar refractivity (Wildman–Crippen MR) is 78.0 cm³/mol. The monoisotopic (exact) mass is 290 g/mol. The van der Waals surface area contributed by atoms with E-state index < -0.39 is 0 Å². The van der Waals surface area contributed by atoms with Gasteiger partial charge in [-0.05, 0) is 12.3 Å². The van der Waals surface area contributed by atoms with Crippen LogP contribution in [0.4, 0.5) is 0 Å². The van der Waals surface area contributed by atoms with Crippen LogP contribution in [0.25, 0.3) is 0 Å². The van der Waals surface area contributed by atoms with Crippen molar-refractivity contribution in [2.75, 3.05) is 52.9 Å². The molecule has 5 heteroatoms. The van der Waals surface area contributed by atoms with Gasteiger partial charge in [0, 0.05) is 13.0 Å². The van der Waals surface area contributed by atoms with Crippen LogP contribution in [0.1, 0.15) is 33.6 Å². The van der Waals surface area contributed by atoms with Gasteiger partial charge in [0.1, 0.15) is 6.61 Å². The number of hydrogen-bond donors (Lipinski definition) is 0. The van der Waals surface area contributed by atoms with E-state index in [1.165, 1.54) is 0 Å². The maximum Gasteiger partial charge on any atom is 0.158 e. The van der Waals surface area contributed by atoms with Gasteiger partial charge in [-0.15, -0.1) is 0 Å². The molecule has 0 atom stereocenters. The van der Waals surface area contributed by atoms with E-state index in [0.29, 0.717) is 52.0 Å². The first-order valence-corrected chi connectivity index (χ1v) is 7.49. The first-order valence-electron chi connectivity index (χ1n) is 7.49. The molecule has 0 bridgehead atoms. The lowest BCUT2D eigenvalue weighted by molar-refractivity contribution is -0.123. The smallest absolute Gasteiger partial charge is 0.158 e.